The van der Waals surface area contributed by atoms with Crippen LogP contribution in [0, 0.1) is 11.3 Å². The molecule has 10 heteroatoms. The fourth-order valence-electron chi connectivity index (χ4n) is 6.04. The van der Waals surface area contributed by atoms with Gasteiger partial charge in [-0.05, 0) is 48.3 Å². The minimum atomic E-state index is -0.848. The minimum absolute atomic E-state index is 0.0430. The SMILES string of the molecule is CC(C)(C)[C@H]1CCc2c(sc3ncnc(N4CCN(C(=O)C[C@@H]5NC(=O)N(c6ccccc6)C5=O)CC4)c23)C1. The number of nitrogens with zero attached hydrogens (tertiary/aromatic N) is 5. The van der Waals surface area contributed by atoms with Crippen LogP contribution >= 0.6 is 11.3 Å². The topological polar surface area (TPSA) is 98.7 Å². The zero-order chi connectivity index (χ0) is 27.3. The van der Waals surface area contributed by atoms with Crippen LogP contribution in [0.2, 0.25) is 0 Å². The Bertz CT molecular complexity index is 1420. The molecule has 2 saturated heterocycles. The number of hydrogen-bond donors (Lipinski definition) is 1. The Balaban J connectivity index is 1.12. The van der Waals surface area contributed by atoms with Crippen LogP contribution in [-0.4, -0.2) is 64.9 Å². The van der Waals surface area contributed by atoms with E-state index in [9.17, 15) is 14.4 Å². The fourth-order valence-corrected chi connectivity index (χ4v) is 7.30. The van der Waals surface area contributed by atoms with Crippen LogP contribution in [0.3, 0.4) is 0 Å². The predicted octanol–water partition coefficient (Wildman–Crippen LogP) is 4.01. The fraction of sp³-hybridized carbons (Fsp3) is 0.483. The first-order chi connectivity index (χ1) is 18.7. The van der Waals surface area contributed by atoms with Crippen LogP contribution in [0.1, 0.15) is 44.1 Å². The van der Waals surface area contributed by atoms with Crippen molar-refractivity contribution < 1.29 is 14.4 Å². The Morgan fingerprint density at radius 1 is 1.08 bits per heavy atom. The third-order valence-electron chi connectivity index (χ3n) is 8.39. The van der Waals surface area contributed by atoms with Gasteiger partial charge in [-0.15, -0.1) is 11.3 Å². The number of anilines is 2. The van der Waals surface area contributed by atoms with Gasteiger partial charge in [0.25, 0.3) is 5.91 Å². The van der Waals surface area contributed by atoms with E-state index < -0.39 is 18.0 Å². The normalized spacial score (nSPS) is 21.9. The second-order valence-corrected chi connectivity index (χ2v) is 12.9. The van der Waals surface area contributed by atoms with E-state index in [0.717, 1.165) is 28.4 Å². The molecule has 2 fully saturated rings. The lowest BCUT2D eigenvalue weighted by Crippen LogP contribution is -2.50. The standard InChI is InChI=1S/C29H34N6O3S/c1-29(2,3)18-9-10-20-22(15-18)39-26-24(20)25(30-17-31-26)34-13-11-33(12-14-34)23(36)16-21-27(37)35(28(38)32-21)19-7-5-4-6-8-19/h4-8,17-18,21H,9-16H2,1-3H3,(H,32,38)/t18-,21-/m0/s1. The zero-order valence-electron chi connectivity index (χ0n) is 22.6. The van der Waals surface area contributed by atoms with Gasteiger partial charge in [-0.2, -0.15) is 0 Å². The maximum Gasteiger partial charge on any atom is 0.329 e. The first-order valence-corrected chi connectivity index (χ1v) is 14.5. The molecule has 9 nitrogen and oxygen atoms in total. The number of hydrogen-bond acceptors (Lipinski definition) is 7. The number of amides is 4. The molecular weight excluding hydrogens is 512 g/mol. The van der Waals surface area contributed by atoms with E-state index >= 15 is 0 Å². The Morgan fingerprint density at radius 2 is 1.82 bits per heavy atom. The van der Waals surface area contributed by atoms with Gasteiger partial charge in [0, 0.05) is 31.1 Å². The van der Waals surface area contributed by atoms with Crippen molar-refractivity contribution in [3.63, 3.8) is 0 Å². The average molecular weight is 547 g/mol. The molecule has 2 aliphatic heterocycles. The molecule has 0 unspecified atom stereocenters. The van der Waals surface area contributed by atoms with Gasteiger partial charge in [0.05, 0.1) is 17.5 Å². The quantitative estimate of drug-likeness (QED) is 0.497. The molecule has 0 bridgehead atoms. The summed E-state index contributed by atoms with van der Waals surface area (Å²) in [5.74, 6) is 1.12. The third kappa shape index (κ3) is 4.75. The Kier molecular flexibility index (Phi) is 6.53. The summed E-state index contributed by atoms with van der Waals surface area (Å²) < 4.78 is 0. The number of fused-ring (bicyclic) bond motifs is 3. The molecule has 204 valence electrons. The van der Waals surface area contributed by atoms with Crippen molar-refractivity contribution in [2.45, 2.75) is 52.5 Å². The van der Waals surface area contributed by atoms with Crippen molar-refractivity contribution >= 4 is 50.9 Å². The second-order valence-electron chi connectivity index (χ2n) is 11.8. The first-order valence-electron chi connectivity index (χ1n) is 13.7. The van der Waals surface area contributed by atoms with E-state index in [-0.39, 0.29) is 17.7 Å². The lowest BCUT2D eigenvalue weighted by molar-refractivity contribution is -0.133. The summed E-state index contributed by atoms with van der Waals surface area (Å²) in [6.45, 7) is 9.40. The highest BCUT2D eigenvalue weighted by Gasteiger charge is 2.41. The van der Waals surface area contributed by atoms with E-state index in [1.807, 2.05) is 17.4 Å². The summed E-state index contributed by atoms with van der Waals surface area (Å²) in [7, 11) is 0. The first kappa shape index (κ1) is 25.7. The number of aromatic nitrogens is 2. The van der Waals surface area contributed by atoms with Crippen molar-refractivity contribution in [2.75, 3.05) is 36.0 Å². The molecule has 2 atom stereocenters. The van der Waals surface area contributed by atoms with Gasteiger partial charge in [-0.25, -0.2) is 19.7 Å². The number of thiophene rings is 1. The summed E-state index contributed by atoms with van der Waals surface area (Å²) in [6.07, 6.45) is 4.94. The molecule has 6 rings (SSSR count). The van der Waals surface area contributed by atoms with Crippen LogP contribution in [0.15, 0.2) is 36.7 Å². The highest BCUT2D eigenvalue weighted by molar-refractivity contribution is 7.19. The lowest BCUT2D eigenvalue weighted by atomic mass is 9.72. The molecule has 0 saturated carbocycles. The highest BCUT2D eigenvalue weighted by Crippen LogP contribution is 2.44. The molecule has 1 aliphatic carbocycles. The van der Waals surface area contributed by atoms with Crippen LogP contribution < -0.4 is 15.1 Å². The van der Waals surface area contributed by atoms with E-state index in [1.165, 1.54) is 22.2 Å². The van der Waals surface area contributed by atoms with E-state index in [0.29, 0.717) is 37.8 Å². The van der Waals surface area contributed by atoms with Crippen LogP contribution in [0.5, 0.6) is 0 Å². The Morgan fingerprint density at radius 3 is 2.54 bits per heavy atom. The molecule has 4 heterocycles. The highest BCUT2D eigenvalue weighted by atomic mass is 32.1. The molecule has 4 amide bonds. The number of carbonyl (C=O) groups excluding carboxylic acids is 3. The van der Waals surface area contributed by atoms with Crippen molar-refractivity contribution in [3.05, 3.63) is 47.1 Å². The summed E-state index contributed by atoms with van der Waals surface area (Å²) in [5, 5.41) is 3.86. The van der Waals surface area contributed by atoms with E-state index in [2.05, 4.69) is 36.0 Å². The Hall–Kier alpha value is -3.53. The zero-order valence-corrected chi connectivity index (χ0v) is 23.5. The summed E-state index contributed by atoms with van der Waals surface area (Å²) in [4.78, 5) is 55.5. The molecule has 3 aliphatic rings. The number of para-hydroxylation sites is 1. The van der Waals surface area contributed by atoms with Gasteiger partial charge >= 0.3 is 6.03 Å². The Labute approximate surface area is 232 Å². The van der Waals surface area contributed by atoms with Gasteiger partial charge in [-0.1, -0.05) is 39.0 Å². The number of aryl methyl sites for hydroxylation is 1. The third-order valence-corrected chi connectivity index (χ3v) is 9.56. The molecular formula is C29H34N6O3S. The van der Waals surface area contributed by atoms with Gasteiger partial charge in [0.2, 0.25) is 5.91 Å². The minimum Gasteiger partial charge on any atom is -0.352 e. The maximum atomic E-state index is 13.1. The number of urea groups is 1. The van der Waals surface area contributed by atoms with Crippen molar-refractivity contribution in [3.8, 4) is 0 Å². The number of carbonyl (C=O) groups is 3. The summed E-state index contributed by atoms with van der Waals surface area (Å²) >= 11 is 1.81. The van der Waals surface area contributed by atoms with Crippen molar-refractivity contribution in [2.24, 2.45) is 11.3 Å². The largest absolute Gasteiger partial charge is 0.352 e. The number of nitrogens with one attached hydrogen (secondary N) is 1. The van der Waals surface area contributed by atoms with Crippen LogP contribution in [-0.2, 0) is 22.4 Å². The van der Waals surface area contributed by atoms with Gasteiger partial charge < -0.3 is 15.1 Å². The van der Waals surface area contributed by atoms with Gasteiger partial charge in [0.1, 0.15) is 23.0 Å². The number of imide groups is 1. The van der Waals surface area contributed by atoms with E-state index in [1.54, 1.807) is 35.5 Å². The molecule has 39 heavy (non-hydrogen) atoms. The monoisotopic (exact) mass is 546 g/mol. The molecule has 0 spiro atoms. The van der Waals surface area contributed by atoms with Crippen LogP contribution in [0.25, 0.3) is 10.2 Å². The summed E-state index contributed by atoms with van der Waals surface area (Å²) in [5.41, 5.74) is 2.20. The molecule has 2 aromatic heterocycles. The molecule has 0 radical (unpaired) electrons. The van der Waals surface area contributed by atoms with Gasteiger partial charge in [0.15, 0.2) is 0 Å². The second kappa shape index (κ2) is 9.89. The van der Waals surface area contributed by atoms with Crippen molar-refractivity contribution in [1.29, 1.82) is 0 Å². The number of benzene rings is 1. The van der Waals surface area contributed by atoms with Crippen molar-refractivity contribution in [1.82, 2.24) is 20.2 Å². The summed E-state index contributed by atoms with van der Waals surface area (Å²) in [6, 6.07) is 7.44. The van der Waals surface area contributed by atoms with E-state index in [4.69, 9.17) is 4.98 Å². The molecule has 1 N–H and O–H groups in total. The maximum absolute atomic E-state index is 13.1. The predicted molar refractivity (Wildman–Crippen MR) is 152 cm³/mol. The smallest absolute Gasteiger partial charge is 0.329 e. The molecule has 3 aromatic rings. The average Bonchev–Trinajstić information content (AvgIpc) is 3.44. The lowest BCUT2D eigenvalue weighted by Gasteiger charge is -2.36. The molecule has 1 aromatic carbocycles. The number of rotatable bonds is 4. The van der Waals surface area contributed by atoms with Gasteiger partial charge in [-0.3, -0.25) is 9.59 Å². The number of piperazine rings is 1. The van der Waals surface area contributed by atoms with Crippen LogP contribution in [0.4, 0.5) is 16.3 Å².